The van der Waals surface area contributed by atoms with Gasteiger partial charge in [0.1, 0.15) is 11.4 Å². The molecule has 16 heavy (non-hydrogen) atoms. The van der Waals surface area contributed by atoms with Gasteiger partial charge < -0.3 is 10.1 Å². The third-order valence-corrected chi connectivity index (χ3v) is 4.04. The van der Waals surface area contributed by atoms with E-state index in [0.29, 0.717) is 0 Å². The van der Waals surface area contributed by atoms with Crippen LogP contribution >= 0.6 is 0 Å². The Morgan fingerprint density at radius 3 is 2.81 bits per heavy atom. The van der Waals surface area contributed by atoms with E-state index >= 15 is 0 Å². The molecule has 1 aromatic rings. The smallest absolute Gasteiger partial charge is 0.123 e. The second-order valence-electron chi connectivity index (χ2n) is 5.09. The van der Waals surface area contributed by atoms with Crippen molar-refractivity contribution in [2.75, 3.05) is 13.1 Å². The lowest BCUT2D eigenvalue weighted by atomic mass is 9.83. The highest BCUT2D eigenvalue weighted by Gasteiger charge is 2.37. The van der Waals surface area contributed by atoms with Crippen molar-refractivity contribution in [3.63, 3.8) is 0 Å². The fraction of sp³-hybridized carbons (Fsp3) is 0.571. The van der Waals surface area contributed by atoms with Crippen LogP contribution in [-0.4, -0.2) is 18.7 Å². The summed E-state index contributed by atoms with van der Waals surface area (Å²) in [5.74, 6) is 1.13. The molecule has 0 radical (unpaired) electrons. The van der Waals surface area contributed by atoms with Gasteiger partial charge in [-0.2, -0.15) is 0 Å². The molecule has 0 aromatic heterocycles. The highest BCUT2D eigenvalue weighted by molar-refractivity contribution is 5.41. The predicted octanol–water partition coefficient (Wildman–Crippen LogP) is 2.44. The van der Waals surface area contributed by atoms with Crippen molar-refractivity contribution >= 4 is 0 Å². The molecular formula is C14H19NO. The predicted molar refractivity (Wildman–Crippen MR) is 65.0 cm³/mol. The van der Waals surface area contributed by atoms with E-state index in [0.717, 1.165) is 31.7 Å². The molecule has 0 unspecified atom stereocenters. The van der Waals surface area contributed by atoms with Crippen molar-refractivity contribution in [3.8, 4) is 5.75 Å². The molecule has 2 heteroatoms. The van der Waals surface area contributed by atoms with Gasteiger partial charge in [-0.15, -0.1) is 0 Å². The summed E-state index contributed by atoms with van der Waals surface area (Å²) in [6.07, 6.45) is 4.68. The number of hydrogen-bond acceptors (Lipinski definition) is 2. The molecule has 0 amide bonds. The van der Waals surface area contributed by atoms with Crippen molar-refractivity contribution in [2.24, 2.45) is 0 Å². The summed E-state index contributed by atoms with van der Waals surface area (Å²) < 4.78 is 6.30. The van der Waals surface area contributed by atoms with Gasteiger partial charge in [-0.1, -0.05) is 12.1 Å². The average Bonchev–Trinajstić information content (AvgIpc) is 2.30. The number of rotatable bonds is 0. The molecule has 0 bridgehead atoms. The first kappa shape index (κ1) is 10.2. The van der Waals surface area contributed by atoms with E-state index < -0.39 is 0 Å². The first-order valence-electron chi connectivity index (χ1n) is 6.27. The maximum Gasteiger partial charge on any atom is 0.123 e. The van der Waals surface area contributed by atoms with Crippen LogP contribution in [0, 0.1) is 6.92 Å². The third kappa shape index (κ3) is 1.61. The van der Waals surface area contributed by atoms with Gasteiger partial charge in [-0.25, -0.2) is 0 Å². The normalized spacial score (nSPS) is 22.6. The van der Waals surface area contributed by atoms with Crippen LogP contribution in [0.1, 0.15) is 30.4 Å². The monoisotopic (exact) mass is 217 g/mol. The molecule has 2 aliphatic rings. The number of nitrogens with one attached hydrogen (secondary N) is 1. The van der Waals surface area contributed by atoms with E-state index in [1.54, 1.807) is 0 Å². The molecular weight excluding hydrogens is 198 g/mol. The summed E-state index contributed by atoms with van der Waals surface area (Å²) in [4.78, 5) is 0. The number of fused-ring (bicyclic) bond motifs is 1. The van der Waals surface area contributed by atoms with Crippen molar-refractivity contribution in [1.29, 1.82) is 0 Å². The lowest BCUT2D eigenvalue weighted by Gasteiger charge is -2.42. The van der Waals surface area contributed by atoms with Crippen LogP contribution in [0.2, 0.25) is 0 Å². The van der Waals surface area contributed by atoms with Crippen LogP contribution in [-0.2, 0) is 6.42 Å². The van der Waals surface area contributed by atoms with E-state index in [9.17, 15) is 0 Å². The molecule has 1 aromatic carbocycles. The van der Waals surface area contributed by atoms with Crippen LogP contribution in [0.3, 0.4) is 0 Å². The van der Waals surface area contributed by atoms with E-state index in [-0.39, 0.29) is 5.60 Å². The molecule has 1 N–H and O–H groups in total. The minimum atomic E-state index is 0.131. The van der Waals surface area contributed by atoms with Gasteiger partial charge >= 0.3 is 0 Å². The molecule has 2 nitrogen and oxygen atoms in total. The zero-order valence-electron chi connectivity index (χ0n) is 9.88. The average molecular weight is 217 g/mol. The Kier molecular flexibility index (Phi) is 2.40. The Morgan fingerprint density at radius 1 is 1.19 bits per heavy atom. The highest BCUT2D eigenvalue weighted by Crippen LogP contribution is 2.39. The summed E-state index contributed by atoms with van der Waals surface area (Å²) >= 11 is 0. The summed E-state index contributed by atoms with van der Waals surface area (Å²) in [7, 11) is 0. The standard InChI is InChI=1S/C14H19NO/c1-11-3-2-4-13-12(11)5-6-14(16-13)7-9-15-10-8-14/h2-4,15H,5-10H2,1H3. The van der Waals surface area contributed by atoms with Crippen molar-refractivity contribution in [2.45, 2.75) is 38.2 Å². The van der Waals surface area contributed by atoms with Gasteiger partial charge in [0.25, 0.3) is 0 Å². The van der Waals surface area contributed by atoms with Gasteiger partial charge in [-0.3, -0.25) is 0 Å². The minimum Gasteiger partial charge on any atom is -0.487 e. The number of ether oxygens (including phenoxy) is 1. The quantitative estimate of drug-likeness (QED) is 0.720. The van der Waals surface area contributed by atoms with Crippen LogP contribution in [0.4, 0.5) is 0 Å². The van der Waals surface area contributed by atoms with E-state index in [4.69, 9.17) is 4.74 Å². The van der Waals surface area contributed by atoms with E-state index in [2.05, 4.69) is 30.4 Å². The van der Waals surface area contributed by atoms with Gasteiger partial charge in [0, 0.05) is 0 Å². The number of benzene rings is 1. The Hall–Kier alpha value is -1.02. The minimum absolute atomic E-state index is 0.131. The van der Waals surface area contributed by atoms with Gasteiger partial charge in [0.05, 0.1) is 0 Å². The van der Waals surface area contributed by atoms with E-state index in [1.807, 2.05) is 0 Å². The molecule has 1 fully saturated rings. The largest absolute Gasteiger partial charge is 0.487 e. The van der Waals surface area contributed by atoms with Crippen LogP contribution in [0.25, 0.3) is 0 Å². The van der Waals surface area contributed by atoms with Crippen molar-refractivity contribution in [1.82, 2.24) is 5.32 Å². The van der Waals surface area contributed by atoms with Gasteiger partial charge in [0.2, 0.25) is 0 Å². The number of hydrogen-bond donors (Lipinski definition) is 1. The van der Waals surface area contributed by atoms with Crippen molar-refractivity contribution < 1.29 is 4.74 Å². The Balaban J connectivity index is 1.91. The summed E-state index contributed by atoms with van der Waals surface area (Å²) in [6, 6.07) is 6.42. The summed E-state index contributed by atoms with van der Waals surface area (Å²) in [6.45, 7) is 4.38. The van der Waals surface area contributed by atoms with Crippen molar-refractivity contribution in [3.05, 3.63) is 29.3 Å². The lowest BCUT2D eigenvalue weighted by molar-refractivity contribution is 0.0168. The second-order valence-corrected chi connectivity index (χ2v) is 5.09. The maximum atomic E-state index is 6.30. The molecule has 1 saturated heterocycles. The Labute approximate surface area is 97.0 Å². The topological polar surface area (TPSA) is 21.3 Å². The fourth-order valence-corrected chi connectivity index (χ4v) is 2.96. The lowest BCUT2D eigenvalue weighted by Crippen LogP contribution is -2.48. The molecule has 3 rings (SSSR count). The summed E-state index contributed by atoms with van der Waals surface area (Å²) in [5, 5.41) is 3.41. The molecule has 0 aliphatic carbocycles. The summed E-state index contributed by atoms with van der Waals surface area (Å²) in [5.41, 5.74) is 2.93. The zero-order chi connectivity index (χ0) is 11.0. The Bertz CT molecular complexity index is 394. The number of aryl methyl sites for hydroxylation is 1. The van der Waals surface area contributed by atoms with Crippen LogP contribution in [0.15, 0.2) is 18.2 Å². The first-order chi connectivity index (χ1) is 7.79. The molecule has 0 atom stereocenters. The molecule has 0 saturated carbocycles. The third-order valence-electron chi connectivity index (χ3n) is 4.04. The SMILES string of the molecule is Cc1cccc2c1CCC1(CCNCC1)O2. The first-order valence-corrected chi connectivity index (χ1v) is 6.27. The van der Waals surface area contributed by atoms with Gasteiger partial charge in [-0.05, 0) is 62.9 Å². The zero-order valence-corrected chi connectivity index (χ0v) is 9.88. The highest BCUT2D eigenvalue weighted by atomic mass is 16.5. The van der Waals surface area contributed by atoms with Crippen LogP contribution < -0.4 is 10.1 Å². The molecule has 2 heterocycles. The maximum absolute atomic E-state index is 6.30. The molecule has 86 valence electrons. The molecule has 1 spiro atoms. The fourth-order valence-electron chi connectivity index (χ4n) is 2.96. The van der Waals surface area contributed by atoms with Gasteiger partial charge in [0.15, 0.2) is 0 Å². The molecule has 2 aliphatic heterocycles. The van der Waals surface area contributed by atoms with E-state index in [1.165, 1.54) is 24.0 Å². The second kappa shape index (κ2) is 3.77. The number of piperidine rings is 1. The Morgan fingerprint density at radius 2 is 2.00 bits per heavy atom. The van der Waals surface area contributed by atoms with Crippen LogP contribution in [0.5, 0.6) is 5.75 Å².